The Labute approximate surface area is 130 Å². The Morgan fingerprint density at radius 3 is 2.95 bits per heavy atom. The van der Waals surface area contributed by atoms with Crippen molar-refractivity contribution in [1.82, 2.24) is 10.0 Å². The number of aryl methyl sites for hydroxylation is 1. The fourth-order valence-electron chi connectivity index (χ4n) is 2.54. The van der Waals surface area contributed by atoms with Gasteiger partial charge in [0.1, 0.15) is 11.3 Å². The van der Waals surface area contributed by atoms with Crippen LogP contribution in [0.4, 0.5) is 0 Å². The Bertz CT molecular complexity index is 617. The average molecular weight is 330 g/mol. The van der Waals surface area contributed by atoms with E-state index in [4.69, 9.17) is 4.42 Å². The number of nitrogens with one attached hydrogen (secondary N) is 2. The predicted molar refractivity (Wildman–Crippen MR) is 80.2 cm³/mol. The Hall–Kier alpha value is -1.38. The number of hydrogen-bond acceptors (Lipinski definition) is 6. The van der Waals surface area contributed by atoms with Crippen LogP contribution in [0.1, 0.15) is 35.4 Å². The fraction of sp³-hybridized carbons (Fsp3) is 0.643. The van der Waals surface area contributed by atoms with Crippen LogP contribution in [0.25, 0.3) is 0 Å². The van der Waals surface area contributed by atoms with E-state index in [-0.39, 0.29) is 16.4 Å². The quantitative estimate of drug-likeness (QED) is 0.757. The van der Waals surface area contributed by atoms with Crippen molar-refractivity contribution in [1.29, 1.82) is 0 Å². The molecule has 0 aliphatic carbocycles. The third-order valence-corrected chi connectivity index (χ3v) is 5.12. The number of piperidine rings is 1. The van der Waals surface area contributed by atoms with Gasteiger partial charge in [-0.3, -0.25) is 0 Å². The van der Waals surface area contributed by atoms with Crippen LogP contribution in [-0.4, -0.2) is 41.1 Å². The average Bonchev–Trinajstić information content (AvgIpc) is 2.90. The summed E-state index contributed by atoms with van der Waals surface area (Å²) in [5, 5.41) is 3.04. The summed E-state index contributed by atoms with van der Waals surface area (Å²) in [5.74, 6) is 0.0973. The summed E-state index contributed by atoms with van der Waals surface area (Å²) >= 11 is 0. The van der Waals surface area contributed by atoms with Gasteiger partial charge in [0.25, 0.3) is 10.0 Å². The highest BCUT2D eigenvalue weighted by Gasteiger charge is 2.24. The largest absolute Gasteiger partial charge is 0.465 e. The molecule has 0 aromatic carbocycles. The number of carbonyl (C=O) groups excluding carboxylic acids is 1. The zero-order chi connectivity index (χ0) is 16.2. The van der Waals surface area contributed by atoms with E-state index in [0.29, 0.717) is 12.5 Å². The van der Waals surface area contributed by atoms with E-state index in [1.54, 1.807) is 0 Å². The van der Waals surface area contributed by atoms with Gasteiger partial charge in [-0.15, -0.1) is 0 Å². The van der Waals surface area contributed by atoms with E-state index in [1.165, 1.54) is 20.1 Å². The van der Waals surface area contributed by atoms with Gasteiger partial charge < -0.3 is 14.5 Å². The molecule has 1 unspecified atom stereocenters. The lowest BCUT2D eigenvalue weighted by Gasteiger charge is -2.22. The third-order valence-electron chi connectivity index (χ3n) is 3.81. The molecule has 1 aromatic rings. The van der Waals surface area contributed by atoms with Crippen LogP contribution in [0.5, 0.6) is 0 Å². The van der Waals surface area contributed by atoms with Crippen molar-refractivity contribution in [2.75, 3.05) is 26.7 Å². The van der Waals surface area contributed by atoms with Crippen LogP contribution in [0.3, 0.4) is 0 Å². The number of ether oxygens (including phenoxy) is 1. The van der Waals surface area contributed by atoms with Crippen molar-refractivity contribution in [3.05, 3.63) is 17.4 Å². The second kappa shape index (κ2) is 7.26. The standard InChI is InChI=1S/C14H22N2O5S/c1-10-12(14(17)20-2)8-13(21-10)22(18,19)16-7-5-11-4-3-6-15-9-11/h8,11,15-16H,3-7,9H2,1-2H3. The summed E-state index contributed by atoms with van der Waals surface area (Å²) in [6.07, 6.45) is 3.01. The summed E-state index contributed by atoms with van der Waals surface area (Å²) in [4.78, 5) is 11.5. The first kappa shape index (κ1) is 17.0. The molecule has 2 heterocycles. The fourth-order valence-corrected chi connectivity index (χ4v) is 3.58. The van der Waals surface area contributed by atoms with Crippen LogP contribution in [-0.2, 0) is 14.8 Å². The van der Waals surface area contributed by atoms with Crippen molar-refractivity contribution in [2.45, 2.75) is 31.3 Å². The molecule has 1 aromatic heterocycles. The van der Waals surface area contributed by atoms with E-state index < -0.39 is 16.0 Å². The second-order valence-corrected chi connectivity index (χ2v) is 7.12. The minimum Gasteiger partial charge on any atom is -0.465 e. The first-order valence-corrected chi connectivity index (χ1v) is 8.81. The molecule has 2 N–H and O–H groups in total. The maximum atomic E-state index is 12.2. The maximum Gasteiger partial charge on any atom is 0.341 e. The molecule has 0 radical (unpaired) electrons. The first-order valence-electron chi connectivity index (χ1n) is 7.33. The lowest BCUT2D eigenvalue weighted by molar-refractivity contribution is 0.0599. The number of furan rings is 1. The van der Waals surface area contributed by atoms with E-state index in [0.717, 1.165) is 32.4 Å². The Morgan fingerprint density at radius 1 is 1.55 bits per heavy atom. The van der Waals surface area contributed by atoms with Gasteiger partial charge in [-0.25, -0.2) is 17.9 Å². The van der Waals surface area contributed by atoms with Crippen molar-refractivity contribution in [2.24, 2.45) is 5.92 Å². The minimum absolute atomic E-state index is 0.124. The van der Waals surface area contributed by atoms with Gasteiger partial charge in [-0.2, -0.15) is 0 Å². The van der Waals surface area contributed by atoms with Crippen molar-refractivity contribution in [3.63, 3.8) is 0 Å². The van der Waals surface area contributed by atoms with Gasteiger partial charge in [-0.1, -0.05) is 0 Å². The van der Waals surface area contributed by atoms with E-state index in [9.17, 15) is 13.2 Å². The van der Waals surface area contributed by atoms with Gasteiger partial charge in [0.05, 0.1) is 7.11 Å². The van der Waals surface area contributed by atoms with Gasteiger partial charge in [-0.05, 0) is 45.2 Å². The molecule has 7 nitrogen and oxygen atoms in total. The summed E-state index contributed by atoms with van der Waals surface area (Å²) < 4.78 is 36.6. The number of hydrogen-bond donors (Lipinski definition) is 2. The molecule has 1 aliphatic rings. The van der Waals surface area contributed by atoms with Crippen LogP contribution in [0.2, 0.25) is 0 Å². The summed E-state index contributed by atoms with van der Waals surface area (Å²) in [6.45, 7) is 3.83. The molecule has 0 saturated carbocycles. The molecule has 0 amide bonds. The number of sulfonamides is 1. The highest BCUT2D eigenvalue weighted by atomic mass is 32.2. The Morgan fingerprint density at radius 2 is 2.32 bits per heavy atom. The van der Waals surface area contributed by atoms with Crippen molar-refractivity contribution in [3.8, 4) is 0 Å². The van der Waals surface area contributed by atoms with E-state index >= 15 is 0 Å². The highest BCUT2D eigenvalue weighted by molar-refractivity contribution is 7.89. The molecule has 1 atom stereocenters. The molecule has 2 rings (SSSR count). The predicted octanol–water partition coefficient (Wildman–Crippen LogP) is 1.04. The van der Waals surface area contributed by atoms with Crippen LogP contribution in [0, 0.1) is 12.8 Å². The number of carbonyl (C=O) groups is 1. The van der Waals surface area contributed by atoms with Crippen LogP contribution < -0.4 is 10.0 Å². The topological polar surface area (TPSA) is 97.6 Å². The molecule has 1 saturated heterocycles. The lowest BCUT2D eigenvalue weighted by atomic mass is 9.96. The second-order valence-electron chi connectivity index (χ2n) is 5.43. The smallest absolute Gasteiger partial charge is 0.341 e. The van der Waals surface area contributed by atoms with E-state index in [1.807, 2.05) is 0 Å². The molecule has 22 heavy (non-hydrogen) atoms. The summed E-state index contributed by atoms with van der Waals surface area (Å²) in [6, 6.07) is 1.20. The summed E-state index contributed by atoms with van der Waals surface area (Å²) in [5.41, 5.74) is 0.124. The number of methoxy groups -OCH3 is 1. The third kappa shape index (κ3) is 4.08. The SMILES string of the molecule is COC(=O)c1cc(S(=O)(=O)NCCC2CCCNC2)oc1C. The van der Waals surface area contributed by atoms with E-state index in [2.05, 4.69) is 14.8 Å². The molecule has 0 spiro atoms. The highest BCUT2D eigenvalue weighted by Crippen LogP contribution is 2.20. The molecule has 0 bridgehead atoms. The minimum atomic E-state index is -3.75. The summed E-state index contributed by atoms with van der Waals surface area (Å²) in [7, 11) is -2.51. The molecular formula is C14H22N2O5S. The maximum absolute atomic E-state index is 12.2. The Kier molecular flexibility index (Phi) is 5.60. The lowest BCUT2D eigenvalue weighted by Crippen LogP contribution is -2.33. The first-order chi connectivity index (χ1) is 10.4. The Balaban J connectivity index is 1.96. The molecular weight excluding hydrogens is 308 g/mol. The molecule has 1 fully saturated rings. The normalized spacial score (nSPS) is 19.1. The van der Waals surface area contributed by atoms with Gasteiger partial charge >= 0.3 is 5.97 Å². The molecule has 8 heteroatoms. The molecule has 124 valence electrons. The van der Waals surface area contributed by atoms with Crippen molar-refractivity contribution >= 4 is 16.0 Å². The number of rotatable bonds is 6. The zero-order valence-electron chi connectivity index (χ0n) is 12.8. The van der Waals surface area contributed by atoms with Gasteiger partial charge in [0.15, 0.2) is 0 Å². The monoisotopic (exact) mass is 330 g/mol. The molecule has 1 aliphatic heterocycles. The van der Waals surface area contributed by atoms with Crippen molar-refractivity contribution < 1.29 is 22.4 Å². The zero-order valence-corrected chi connectivity index (χ0v) is 13.7. The number of esters is 1. The van der Waals surface area contributed by atoms with Crippen LogP contribution in [0.15, 0.2) is 15.6 Å². The van der Waals surface area contributed by atoms with Crippen LogP contribution >= 0.6 is 0 Å². The van der Waals surface area contributed by atoms with Gasteiger partial charge in [0.2, 0.25) is 5.09 Å². The van der Waals surface area contributed by atoms with Gasteiger partial charge in [0, 0.05) is 12.6 Å².